The molecule has 0 radical (unpaired) electrons. The Morgan fingerprint density at radius 3 is 3.00 bits per heavy atom. The van der Waals surface area contributed by atoms with Crippen LogP contribution >= 0.6 is 0 Å². The molecule has 0 bridgehead atoms. The van der Waals surface area contributed by atoms with Gasteiger partial charge in [-0.3, -0.25) is 9.88 Å². The molecule has 1 aliphatic carbocycles. The lowest BCUT2D eigenvalue weighted by atomic mass is 9.84. The number of pyridine rings is 1. The Balaban J connectivity index is 1.97. The third kappa shape index (κ3) is 3.27. The van der Waals surface area contributed by atoms with Crippen molar-refractivity contribution in [2.45, 2.75) is 44.9 Å². The zero-order valence-electron chi connectivity index (χ0n) is 10.7. The summed E-state index contributed by atoms with van der Waals surface area (Å²) in [5, 5.41) is 10.1. The van der Waals surface area contributed by atoms with Crippen LogP contribution in [0.2, 0.25) is 0 Å². The molecule has 1 N–H and O–H groups in total. The minimum Gasteiger partial charge on any atom is -0.391 e. The summed E-state index contributed by atoms with van der Waals surface area (Å²) in [5.41, 5.74) is 1.21. The van der Waals surface area contributed by atoms with E-state index in [0.717, 1.165) is 31.7 Å². The van der Waals surface area contributed by atoms with E-state index in [4.69, 9.17) is 0 Å². The first kappa shape index (κ1) is 12.5. The largest absolute Gasteiger partial charge is 0.391 e. The molecule has 0 spiro atoms. The zero-order chi connectivity index (χ0) is 12.3. The summed E-state index contributed by atoms with van der Waals surface area (Å²) in [4.78, 5) is 6.39. The van der Waals surface area contributed by atoms with Crippen molar-refractivity contribution in [3.05, 3.63) is 30.1 Å². The van der Waals surface area contributed by atoms with Crippen LogP contribution in [0.4, 0.5) is 0 Å². The normalized spacial score (nSPS) is 29.5. The molecule has 3 atom stereocenters. The lowest BCUT2D eigenvalue weighted by Gasteiger charge is -2.37. The van der Waals surface area contributed by atoms with Crippen LogP contribution in [0.3, 0.4) is 0 Å². The second-order valence-electron chi connectivity index (χ2n) is 5.33. The average Bonchev–Trinajstić information content (AvgIpc) is 2.33. The van der Waals surface area contributed by atoms with Crippen molar-refractivity contribution in [2.24, 2.45) is 5.92 Å². The molecule has 1 saturated carbocycles. The molecular weight excluding hydrogens is 212 g/mol. The molecule has 0 aromatic carbocycles. The SMILES string of the molecule is CC1CCC(O)C(N(C)Cc2cccnc2)C1. The number of hydrogen-bond donors (Lipinski definition) is 1. The molecule has 1 aliphatic rings. The van der Waals surface area contributed by atoms with Crippen LogP contribution in [0.5, 0.6) is 0 Å². The molecule has 0 amide bonds. The second-order valence-corrected chi connectivity index (χ2v) is 5.33. The number of nitrogens with zero attached hydrogens (tertiary/aromatic N) is 2. The van der Waals surface area contributed by atoms with Gasteiger partial charge in [0.25, 0.3) is 0 Å². The van der Waals surface area contributed by atoms with Crippen molar-refractivity contribution >= 4 is 0 Å². The Morgan fingerprint density at radius 1 is 1.47 bits per heavy atom. The average molecular weight is 234 g/mol. The molecule has 3 heteroatoms. The van der Waals surface area contributed by atoms with Crippen molar-refractivity contribution in [3.63, 3.8) is 0 Å². The van der Waals surface area contributed by atoms with Crippen LogP contribution in [0.25, 0.3) is 0 Å². The molecule has 1 aromatic heterocycles. The Bertz CT molecular complexity index is 341. The Hall–Kier alpha value is -0.930. The Kier molecular flexibility index (Phi) is 4.13. The Labute approximate surface area is 103 Å². The van der Waals surface area contributed by atoms with E-state index in [9.17, 15) is 5.11 Å². The minimum absolute atomic E-state index is 0.173. The second kappa shape index (κ2) is 5.61. The van der Waals surface area contributed by atoms with Crippen LogP contribution in [0.15, 0.2) is 24.5 Å². The van der Waals surface area contributed by atoms with Crippen molar-refractivity contribution in [1.82, 2.24) is 9.88 Å². The van der Waals surface area contributed by atoms with E-state index in [1.54, 1.807) is 6.20 Å². The lowest BCUT2D eigenvalue weighted by Crippen LogP contribution is -2.44. The molecule has 0 saturated heterocycles. The van der Waals surface area contributed by atoms with Crippen molar-refractivity contribution in [3.8, 4) is 0 Å². The molecule has 2 rings (SSSR count). The van der Waals surface area contributed by atoms with E-state index in [2.05, 4.69) is 29.9 Å². The van der Waals surface area contributed by atoms with Gasteiger partial charge in [-0.1, -0.05) is 13.0 Å². The minimum atomic E-state index is -0.173. The number of aromatic nitrogens is 1. The van der Waals surface area contributed by atoms with Gasteiger partial charge in [0.1, 0.15) is 0 Å². The summed E-state index contributed by atoms with van der Waals surface area (Å²) >= 11 is 0. The molecule has 94 valence electrons. The molecule has 17 heavy (non-hydrogen) atoms. The van der Waals surface area contributed by atoms with Crippen LogP contribution in [0.1, 0.15) is 31.7 Å². The predicted octanol–water partition coefficient (Wildman–Crippen LogP) is 2.06. The fourth-order valence-electron chi connectivity index (χ4n) is 2.71. The first-order chi connectivity index (χ1) is 8.16. The van der Waals surface area contributed by atoms with E-state index >= 15 is 0 Å². The van der Waals surface area contributed by atoms with Gasteiger partial charge in [-0.2, -0.15) is 0 Å². The fourth-order valence-corrected chi connectivity index (χ4v) is 2.71. The van der Waals surface area contributed by atoms with Crippen molar-refractivity contribution in [2.75, 3.05) is 7.05 Å². The summed E-state index contributed by atoms with van der Waals surface area (Å²) in [6, 6.07) is 4.34. The van der Waals surface area contributed by atoms with Gasteiger partial charge in [0, 0.05) is 25.0 Å². The number of likely N-dealkylation sites (N-methyl/N-ethyl adjacent to an activating group) is 1. The smallest absolute Gasteiger partial charge is 0.0695 e. The maximum absolute atomic E-state index is 10.1. The van der Waals surface area contributed by atoms with Gasteiger partial charge in [0.15, 0.2) is 0 Å². The van der Waals surface area contributed by atoms with Gasteiger partial charge in [-0.05, 0) is 43.9 Å². The number of aliphatic hydroxyl groups is 1. The van der Waals surface area contributed by atoms with Gasteiger partial charge >= 0.3 is 0 Å². The van der Waals surface area contributed by atoms with Gasteiger partial charge in [0.05, 0.1) is 6.10 Å². The third-order valence-corrected chi connectivity index (χ3v) is 3.76. The Morgan fingerprint density at radius 2 is 2.29 bits per heavy atom. The summed E-state index contributed by atoms with van der Waals surface area (Å²) in [6.45, 7) is 3.14. The van der Waals surface area contributed by atoms with Gasteiger partial charge in [-0.15, -0.1) is 0 Å². The van der Waals surface area contributed by atoms with Gasteiger partial charge in [-0.25, -0.2) is 0 Å². The predicted molar refractivity (Wildman–Crippen MR) is 68.5 cm³/mol. The highest BCUT2D eigenvalue weighted by Gasteiger charge is 2.29. The van der Waals surface area contributed by atoms with E-state index in [0.29, 0.717) is 6.04 Å². The van der Waals surface area contributed by atoms with Crippen LogP contribution in [-0.4, -0.2) is 34.2 Å². The highest BCUT2D eigenvalue weighted by molar-refractivity contribution is 5.08. The molecule has 1 heterocycles. The highest BCUT2D eigenvalue weighted by atomic mass is 16.3. The van der Waals surface area contributed by atoms with E-state index in [1.165, 1.54) is 5.56 Å². The van der Waals surface area contributed by atoms with E-state index < -0.39 is 0 Å². The topological polar surface area (TPSA) is 36.4 Å². The molecule has 3 unspecified atom stereocenters. The van der Waals surface area contributed by atoms with Crippen LogP contribution < -0.4 is 0 Å². The van der Waals surface area contributed by atoms with E-state index in [-0.39, 0.29) is 6.10 Å². The van der Waals surface area contributed by atoms with Crippen LogP contribution in [0, 0.1) is 5.92 Å². The maximum atomic E-state index is 10.1. The highest BCUT2D eigenvalue weighted by Crippen LogP contribution is 2.27. The van der Waals surface area contributed by atoms with Crippen molar-refractivity contribution < 1.29 is 5.11 Å². The van der Waals surface area contributed by atoms with Gasteiger partial charge in [0.2, 0.25) is 0 Å². The molecule has 3 nitrogen and oxygen atoms in total. The molecule has 0 aliphatic heterocycles. The fraction of sp³-hybridized carbons (Fsp3) is 0.643. The van der Waals surface area contributed by atoms with Gasteiger partial charge < -0.3 is 5.11 Å². The molecule has 1 fully saturated rings. The summed E-state index contributed by atoms with van der Waals surface area (Å²) < 4.78 is 0. The maximum Gasteiger partial charge on any atom is 0.0695 e. The summed E-state index contributed by atoms with van der Waals surface area (Å²) in [6.07, 6.45) is 6.70. The number of rotatable bonds is 3. The lowest BCUT2D eigenvalue weighted by molar-refractivity contribution is 0.0139. The first-order valence-corrected chi connectivity index (χ1v) is 6.44. The monoisotopic (exact) mass is 234 g/mol. The zero-order valence-corrected chi connectivity index (χ0v) is 10.7. The standard InChI is InChI=1S/C14H22N2O/c1-11-5-6-14(17)13(8-11)16(2)10-12-4-3-7-15-9-12/h3-4,7,9,11,13-14,17H,5-6,8,10H2,1-2H3. The van der Waals surface area contributed by atoms with Crippen molar-refractivity contribution in [1.29, 1.82) is 0 Å². The number of hydrogen-bond acceptors (Lipinski definition) is 3. The van der Waals surface area contributed by atoms with Crippen LogP contribution in [-0.2, 0) is 6.54 Å². The molecule has 1 aromatic rings. The number of aliphatic hydroxyl groups excluding tert-OH is 1. The quantitative estimate of drug-likeness (QED) is 0.869. The molecular formula is C14H22N2O. The summed E-state index contributed by atoms with van der Waals surface area (Å²) in [7, 11) is 2.10. The summed E-state index contributed by atoms with van der Waals surface area (Å²) in [5.74, 6) is 0.722. The first-order valence-electron chi connectivity index (χ1n) is 6.44. The third-order valence-electron chi connectivity index (χ3n) is 3.76. The van der Waals surface area contributed by atoms with E-state index in [1.807, 2.05) is 12.3 Å².